The minimum atomic E-state index is -3.54. The first-order valence-electron chi connectivity index (χ1n) is 14.4. The second-order valence-electron chi connectivity index (χ2n) is 11.6. The van der Waals surface area contributed by atoms with Crippen LogP contribution in [-0.2, 0) is 16.4 Å². The molecule has 208 valence electrons. The fraction of sp³-hybridized carbons (Fsp3) is 0.455. The van der Waals surface area contributed by atoms with Crippen molar-refractivity contribution in [1.82, 2.24) is 9.21 Å². The lowest BCUT2D eigenvalue weighted by Gasteiger charge is -2.40. The number of hydrogen-bond donors (Lipinski definition) is 1. The highest BCUT2D eigenvalue weighted by atomic mass is 32.2. The third-order valence-corrected chi connectivity index (χ3v) is 11.0. The molecule has 3 aromatic rings. The molecule has 39 heavy (non-hydrogen) atoms. The molecule has 0 amide bonds. The molecule has 1 aliphatic carbocycles. The van der Waals surface area contributed by atoms with Crippen molar-refractivity contribution in [2.75, 3.05) is 26.7 Å². The van der Waals surface area contributed by atoms with Gasteiger partial charge in [0.15, 0.2) is 0 Å². The van der Waals surface area contributed by atoms with E-state index >= 15 is 0 Å². The molecule has 2 fully saturated rings. The van der Waals surface area contributed by atoms with E-state index in [1.807, 2.05) is 18.2 Å². The zero-order chi connectivity index (χ0) is 27.3. The van der Waals surface area contributed by atoms with Crippen molar-refractivity contribution in [2.45, 2.75) is 67.4 Å². The van der Waals surface area contributed by atoms with E-state index < -0.39 is 15.6 Å². The number of nitrogens with zero attached hydrogens (tertiary/aromatic N) is 2. The SMILES string of the molecule is CN(C1CC(CN2CCC(O)(CCCc3ccccc3)CC2)C(c2ccccc2)C1)S(=O)(=O)c1ccccc1. The van der Waals surface area contributed by atoms with Crippen molar-refractivity contribution in [3.05, 3.63) is 102 Å². The minimum absolute atomic E-state index is 0.0369. The second-order valence-corrected chi connectivity index (χ2v) is 13.6. The van der Waals surface area contributed by atoms with Gasteiger partial charge in [0.25, 0.3) is 0 Å². The summed E-state index contributed by atoms with van der Waals surface area (Å²) in [5.74, 6) is 0.686. The Morgan fingerprint density at radius 1 is 0.872 bits per heavy atom. The van der Waals surface area contributed by atoms with Crippen molar-refractivity contribution in [3.63, 3.8) is 0 Å². The summed E-state index contributed by atoms with van der Waals surface area (Å²) in [4.78, 5) is 2.86. The standard InChI is InChI=1S/C33H42N2O3S/c1-34(39(37,38)31-17-9-4-10-18-31)30-24-29(32(25-30)28-15-7-3-8-16-28)26-35-22-20-33(36,21-23-35)19-11-14-27-12-5-2-6-13-27/h2-10,12-13,15-18,29-30,32,36H,11,14,19-26H2,1H3. The number of piperidine rings is 1. The highest BCUT2D eigenvalue weighted by Gasteiger charge is 2.42. The van der Waals surface area contributed by atoms with Gasteiger partial charge in [0.1, 0.15) is 0 Å². The zero-order valence-electron chi connectivity index (χ0n) is 23.0. The number of hydrogen-bond acceptors (Lipinski definition) is 4. The van der Waals surface area contributed by atoms with Crippen molar-refractivity contribution in [2.24, 2.45) is 5.92 Å². The van der Waals surface area contributed by atoms with E-state index in [1.165, 1.54) is 11.1 Å². The van der Waals surface area contributed by atoms with Gasteiger partial charge in [-0.2, -0.15) is 4.31 Å². The first kappa shape index (κ1) is 28.0. The molecule has 6 heteroatoms. The summed E-state index contributed by atoms with van der Waals surface area (Å²) in [6.07, 6.45) is 6.13. The molecule has 1 saturated carbocycles. The van der Waals surface area contributed by atoms with Gasteiger partial charge in [0.2, 0.25) is 10.0 Å². The molecule has 0 aromatic heterocycles. The van der Waals surface area contributed by atoms with Gasteiger partial charge in [-0.25, -0.2) is 8.42 Å². The zero-order valence-corrected chi connectivity index (χ0v) is 23.8. The molecule has 1 aliphatic heterocycles. The van der Waals surface area contributed by atoms with Crippen LogP contribution in [0.5, 0.6) is 0 Å². The van der Waals surface area contributed by atoms with Crippen molar-refractivity contribution in [3.8, 4) is 0 Å². The summed E-state index contributed by atoms with van der Waals surface area (Å²) in [6, 6.07) is 29.8. The van der Waals surface area contributed by atoms with Gasteiger partial charge in [-0.15, -0.1) is 0 Å². The molecular weight excluding hydrogens is 504 g/mol. The normalized spacial score (nSPS) is 23.7. The lowest BCUT2D eigenvalue weighted by atomic mass is 9.84. The molecule has 1 N–H and O–H groups in total. The molecule has 0 radical (unpaired) electrons. The third-order valence-electron chi connectivity index (χ3n) is 9.06. The van der Waals surface area contributed by atoms with Crippen molar-refractivity contribution >= 4 is 10.0 Å². The molecule has 0 bridgehead atoms. The average molecular weight is 547 g/mol. The van der Waals surface area contributed by atoms with Crippen LogP contribution in [0.3, 0.4) is 0 Å². The number of aliphatic hydroxyl groups is 1. The first-order valence-corrected chi connectivity index (χ1v) is 15.8. The van der Waals surface area contributed by atoms with Crippen LogP contribution in [0.25, 0.3) is 0 Å². The van der Waals surface area contributed by atoms with E-state index in [0.29, 0.717) is 16.7 Å². The molecule has 2 aliphatic rings. The quantitative estimate of drug-likeness (QED) is 0.353. The number of rotatable bonds is 10. The number of benzene rings is 3. The van der Waals surface area contributed by atoms with Gasteiger partial charge in [-0.3, -0.25) is 0 Å². The van der Waals surface area contributed by atoms with Crippen LogP contribution in [0.1, 0.15) is 55.6 Å². The fourth-order valence-corrected chi connectivity index (χ4v) is 8.06. The van der Waals surface area contributed by atoms with Gasteiger partial charge in [-0.1, -0.05) is 78.9 Å². The van der Waals surface area contributed by atoms with Crippen LogP contribution in [0.2, 0.25) is 0 Å². The Kier molecular flexibility index (Phi) is 8.87. The second kappa shape index (κ2) is 12.3. The molecule has 5 nitrogen and oxygen atoms in total. The van der Waals surface area contributed by atoms with E-state index in [0.717, 1.165) is 64.6 Å². The maximum absolute atomic E-state index is 13.4. The molecule has 0 spiro atoms. The highest BCUT2D eigenvalue weighted by Crippen LogP contribution is 2.43. The molecule has 1 heterocycles. The van der Waals surface area contributed by atoms with Crippen molar-refractivity contribution in [1.29, 1.82) is 0 Å². The van der Waals surface area contributed by atoms with E-state index in [-0.39, 0.29) is 6.04 Å². The van der Waals surface area contributed by atoms with Gasteiger partial charge < -0.3 is 10.0 Å². The Labute approximate surface area is 234 Å². The predicted octanol–water partition coefficient (Wildman–Crippen LogP) is 5.72. The Balaban J connectivity index is 1.21. The number of aryl methyl sites for hydroxylation is 1. The number of likely N-dealkylation sites (tertiary alicyclic amines) is 1. The summed E-state index contributed by atoms with van der Waals surface area (Å²) in [6.45, 7) is 2.72. The summed E-state index contributed by atoms with van der Waals surface area (Å²) in [5, 5.41) is 11.3. The van der Waals surface area contributed by atoms with E-state index in [1.54, 1.807) is 35.6 Å². The van der Waals surface area contributed by atoms with E-state index in [4.69, 9.17) is 0 Å². The first-order chi connectivity index (χ1) is 18.8. The van der Waals surface area contributed by atoms with Gasteiger partial charge in [0.05, 0.1) is 10.5 Å². The van der Waals surface area contributed by atoms with Crippen LogP contribution in [0.4, 0.5) is 0 Å². The van der Waals surface area contributed by atoms with Gasteiger partial charge >= 0.3 is 0 Å². The lowest BCUT2D eigenvalue weighted by molar-refractivity contribution is -0.0318. The maximum atomic E-state index is 13.4. The molecule has 3 unspecified atom stereocenters. The smallest absolute Gasteiger partial charge is 0.243 e. The van der Waals surface area contributed by atoms with Crippen LogP contribution in [0.15, 0.2) is 95.9 Å². The third kappa shape index (κ3) is 6.80. The molecule has 1 saturated heterocycles. The van der Waals surface area contributed by atoms with Gasteiger partial charge in [0, 0.05) is 32.7 Å². The topological polar surface area (TPSA) is 60.9 Å². The molecule has 3 atom stereocenters. The Morgan fingerprint density at radius 3 is 2.10 bits per heavy atom. The Morgan fingerprint density at radius 2 is 1.46 bits per heavy atom. The van der Waals surface area contributed by atoms with Crippen molar-refractivity contribution < 1.29 is 13.5 Å². The van der Waals surface area contributed by atoms with Crippen LogP contribution in [-0.4, -0.2) is 61.1 Å². The predicted molar refractivity (Wildman–Crippen MR) is 157 cm³/mol. The van der Waals surface area contributed by atoms with Crippen LogP contribution < -0.4 is 0 Å². The minimum Gasteiger partial charge on any atom is -0.390 e. The molecular formula is C33H42N2O3S. The van der Waals surface area contributed by atoms with E-state index in [2.05, 4.69) is 53.4 Å². The Hall–Kier alpha value is -2.51. The van der Waals surface area contributed by atoms with Crippen LogP contribution in [0, 0.1) is 5.92 Å². The lowest BCUT2D eigenvalue weighted by Crippen LogP contribution is -2.46. The summed E-state index contributed by atoms with van der Waals surface area (Å²) < 4.78 is 28.4. The molecule has 3 aromatic carbocycles. The summed E-state index contributed by atoms with van der Waals surface area (Å²) in [7, 11) is -1.80. The largest absolute Gasteiger partial charge is 0.390 e. The number of sulfonamides is 1. The monoisotopic (exact) mass is 546 g/mol. The molecule has 5 rings (SSSR count). The summed E-state index contributed by atoms with van der Waals surface area (Å²) >= 11 is 0. The average Bonchev–Trinajstić information content (AvgIpc) is 3.39. The maximum Gasteiger partial charge on any atom is 0.243 e. The Bertz CT molecular complexity index is 1280. The van der Waals surface area contributed by atoms with E-state index in [9.17, 15) is 13.5 Å². The van der Waals surface area contributed by atoms with Gasteiger partial charge in [-0.05, 0) is 80.0 Å². The van der Waals surface area contributed by atoms with Crippen LogP contribution >= 0.6 is 0 Å². The summed E-state index contributed by atoms with van der Waals surface area (Å²) in [5.41, 5.74) is 2.05. The fourth-order valence-electron chi connectivity index (χ4n) is 6.66. The highest BCUT2D eigenvalue weighted by molar-refractivity contribution is 7.89.